The first kappa shape index (κ1) is 21.5. The molecule has 1 aliphatic rings. The number of thioether (sulfide) groups is 1. The number of hydrogen-bond donors (Lipinski definition) is 2. The first-order valence-electron chi connectivity index (χ1n) is 9.54. The molecular formula is C21H25ClN4O2S. The molecule has 29 heavy (non-hydrogen) atoms. The zero-order chi connectivity index (χ0) is 19.2. The number of fused-ring (bicyclic) bond motifs is 1. The molecule has 2 aromatic carbocycles. The summed E-state index contributed by atoms with van der Waals surface area (Å²) in [4.78, 5) is 22.1. The number of aromatic nitrogens is 2. The highest BCUT2D eigenvalue weighted by Crippen LogP contribution is 2.20. The normalized spacial score (nSPS) is 16.4. The number of rotatable bonds is 6. The Kier molecular flexibility index (Phi) is 7.80. The van der Waals surface area contributed by atoms with E-state index >= 15 is 0 Å². The number of carbonyl (C=O) groups is 1. The first-order chi connectivity index (χ1) is 13.8. The summed E-state index contributed by atoms with van der Waals surface area (Å²) in [5.41, 5.74) is 3.06. The number of imidazole rings is 1. The Hall–Kier alpha value is -2.22. The lowest BCUT2D eigenvalue weighted by Crippen LogP contribution is -2.52. The van der Waals surface area contributed by atoms with E-state index in [0.717, 1.165) is 40.5 Å². The summed E-state index contributed by atoms with van der Waals surface area (Å²) in [5.74, 6) is 0.935. The van der Waals surface area contributed by atoms with Crippen molar-refractivity contribution in [2.45, 2.75) is 24.2 Å². The Morgan fingerprint density at radius 3 is 2.79 bits per heavy atom. The van der Waals surface area contributed by atoms with Gasteiger partial charge in [0.2, 0.25) is 0 Å². The molecule has 2 heterocycles. The quantitative estimate of drug-likeness (QED) is 0.574. The lowest BCUT2D eigenvalue weighted by molar-refractivity contribution is 0.0847. The molecule has 0 saturated carbocycles. The SMILES string of the molecule is Cl.O=C(OCc1ccccc1)N1CCN[C@H](CCSc2nc3ccccc3[nH]2)C1. The van der Waals surface area contributed by atoms with Crippen LogP contribution in [0.3, 0.4) is 0 Å². The Morgan fingerprint density at radius 1 is 1.17 bits per heavy atom. The van der Waals surface area contributed by atoms with Crippen molar-refractivity contribution in [3.05, 3.63) is 60.2 Å². The van der Waals surface area contributed by atoms with Crippen molar-refractivity contribution >= 4 is 41.3 Å². The van der Waals surface area contributed by atoms with Crippen LogP contribution in [0.2, 0.25) is 0 Å². The number of halogens is 1. The van der Waals surface area contributed by atoms with Gasteiger partial charge in [-0.2, -0.15) is 0 Å². The molecule has 1 fully saturated rings. The second kappa shape index (κ2) is 10.5. The number of H-pyrrole nitrogens is 1. The fourth-order valence-corrected chi connectivity index (χ4v) is 4.23. The maximum atomic E-state index is 12.4. The predicted octanol–water partition coefficient (Wildman–Crippen LogP) is 4.08. The van der Waals surface area contributed by atoms with Gasteiger partial charge in [-0.3, -0.25) is 0 Å². The molecule has 1 amide bonds. The molecule has 0 spiro atoms. The molecule has 0 radical (unpaired) electrons. The summed E-state index contributed by atoms with van der Waals surface area (Å²) in [7, 11) is 0. The van der Waals surface area contributed by atoms with Gasteiger partial charge in [0, 0.05) is 31.4 Å². The van der Waals surface area contributed by atoms with Crippen LogP contribution in [0, 0.1) is 0 Å². The first-order valence-corrected chi connectivity index (χ1v) is 10.5. The Bertz CT molecular complexity index is 888. The maximum absolute atomic E-state index is 12.4. The average Bonchev–Trinajstić information content (AvgIpc) is 3.16. The van der Waals surface area contributed by atoms with Gasteiger partial charge in [0.25, 0.3) is 0 Å². The third kappa shape index (κ3) is 5.88. The molecule has 0 unspecified atom stereocenters. The van der Waals surface area contributed by atoms with Gasteiger partial charge in [0.05, 0.1) is 11.0 Å². The molecule has 4 rings (SSSR count). The molecule has 0 bridgehead atoms. The molecule has 8 heteroatoms. The van der Waals surface area contributed by atoms with Crippen molar-refractivity contribution in [1.29, 1.82) is 0 Å². The van der Waals surface area contributed by atoms with E-state index < -0.39 is 0 Å². The second-order valence-electron chi connectivity index (χ2n) is 6.83. The topological polar surface area (TPSA) is 70.2 Å². The number of carbonyl (C=O) groups excluding carboxylic acids is 1. The monoisotopic (exact) mass is 432 g/mol. The van der Waals surface area contributed by atoms with Crippen molar-refractivity contribution < 1.29 is 9.53 Å². The number of piperazine rings is 1. The fraction of sp³-hybridized carbons (Fsp3) is 0.333. The minimum atomic E-state index is -0.236. The molecule has 2 N–H and O–H groups in total. The molecular weight excluding hydrogens is 408 g/mol. The highest BCUT2D eigenvalue weighted by Gasteiger charge is 2.24. The third-order valence-electron chi connectivity index (χ3n) is 4.79. The summed E-state index contributed by atoms with van der Waals surface area (Å²) in [5, 5.41) is 4.44. The van der Waals surface area contributed by atoms with Crippen LogP contribution in [0.15, 0.2) is 59.8 Å². The van der Waals surface area contributed by atoms with Crippen LogP contribution in [0.25, 0.3) is 11.0 Å². The molecule has 1 atom stereocenters. The van der Waals surface area contributed by atoms with Gasteiger partial charge in [-0.25, -0.2) is 9.78 Å². The smallest absolute Gasteiger partial charge is 0.410 e. The number of nitrogens with one attached hydrogen (secondary N) is 2. The van der Waals surface area contributed by atoms with Gasteiger partial charge in [-0.1, -0.05) is 54.2 Å². The fourth-order valence-electron chi connectivity index (χ4n) is 3.29. The van der Waals surface area contributed by atoms with E-state index in [1.54, 1.807) is 16.7 Å². The number of nitrogens with zero attached hydrogens (tertiary/aromatic N) is 2. The van der Waals surface area contributed by atoms with E-state index in [4.69, 9.17) is 4.74 Å². The van der Waals surface area contributed by atoms with E-state index in [2.05, 4.69) is 15.3 Å². The zero-order valence-corrected chi connectivity index (χ0v) is 17.7. The highest BCUT2D eigenvalue weighted by molar-refractivity contribution is 7.99. The van der Waals surface area contributed by atoms with Crippen LogP contribution in [0.4, 0.5) is 4.79 Å². The molecule has 1 saturated heterocycles. The standard InChI is InChI=1S/C21H24N4O2S.ClH/c26-21(27-15-16-6-2-1-3-7-16)25-12-11-22-17(14-25)10-13-28-20-23-18-8-4-5-9-19(18)24-20;/h1-9,17,22H,10-15H2,(H,23,24);1H/t17-;/m1./s1. The summed E-state index contributed by atoms with van der Waals surface area (Å²) in [6.07, 6.45) is 0.727. The lowest BCUT2D eigenvalue weighted by Gasteiger charge is -2.33. The van der Waals surface area contributed by atoms with Crippen LogP contribution in [0.1, 0.15) is 12.0 Å². The van der Waals surface area contributed by atoms with Crippen LogP contribution in [-0.2, 0) is 11.3 Å². The molecule has 6 nitrogen and oxygen atoms in total. The number of amides is 1. The predicted molar refractivity (Wildman–Crippen MR) is 119 cm³/mol. The number of aromatic amines is 1. The second-order valence-corrected chi connectivity index (χ2v) is 7.92. The minimum absolute atomic E-state index is 0. The molecule has 3 aromatic rings. The van der Waals surface area contributed by atoms with Gasteiger partial charge in [-0.05, 0) is 24.1 Å². The maximum Gasteiger partial charge on any atom is 0.410 e. The summed E-state index contributed by atoms with van der Waals surface area (Å²) in [6.45, 7) is 2.46. The highest BCUT2D eigenvalue weighted by atomic mass is 35.5. The summed E-state index contributed by atoms with van der Waals surface area (Å²) >= 11 is 1.72. The van der Waals surface area contributed by atoms with Crippen LogP contribution in [-0.4, -0.2) is 52.4 Å². The van der Waals surface area contributed by atoms with E-state index in [9.17, 15) is 4.79 Å². The van der Waals surface area contributed by atoms with E-state index in [-0.39, 0.29) is 24.5 Å². The van der Waals surface area contributed by atoms with Gasteiger partial charge >= 0.3 is 6.09 Å². The minimum Gasteiger partial charge on any atom is -0.445 e. The van der Waals surface area contributed by atoms with Crippen LogP contribution >= 0.6 is 24.2 Å². The van der Waals surface area contributed by atoms with Crippen molar-refractivity contribution in [2.24, 2.45) is 0 Å². The number of hydrogen-bond acceptors (Lipinski definition) is 5. The van der Waals surface area contributed by atoms with E-state index in [0.29, 0.717) is 19.7 Å². The van der Waals surface area contributed by atoms with Gasteiger partial charge < -0.3 is 19.9 Å². The van der Waals surface area contributed by atoms with Gasteiger partial charge in [0.15, 0.2) is 5.16 Å². The van der Waals surface area contributed by atoms with Crippen molar-refractivity contribution in [2.75, 3.05) is 25.4 Å². The number of benzene rings is 2. The van der Waals surface area contributed by atoms with Gasteiger partial charge in [0.1, 0.15) is 6.61 Å². The van der Waals surface area contributed by atoms with E-state index in [1.807, 2.05) is 54.6 Å². The molecule has 0 aliphatic carbocycles. The average molecular weight is 433 g/mol. The summed E-state index contributed by atoms with van der Waals surface area (Å²) < 4.78 is 5.46. The zero-order valence-electron chi connectivity index (χ0n) is 16.0. The summed E-state index contributed by atoms with van der Waals surface area (Å²) in [6, 6.07) is 18.1. The number of para-hydroxylation sites is 2. The molecule has 154 valence electrons. The Labute approximate surface area is 180 Å². The van der Waals surface area contributed by atoms with Crippen molar-refractivity contribution in [1.82, 2.24) is 20.2 Å². The molecule has 1 aromatic heterocycles. The largest absolute Gasteiger partial charge is 0.445 e. The van der Waals surface area contributed by atoms with Crippen LogP contribution in [0.5, 0.6) is 0 Å². The third-order valence-corrected chi connectivity index (χ3v) is 5.70. The number of ether oxygens (including phenoxy) is 1. The molecule has 1 aliphatic heterocycles. The van der Waals surface area contributed by atoms with Gasteiger partial charge in [-0.15, -0.1) is 12.4 Å². The van der Waals surface area contributed by atoms with E-state index in [1.165, 1.54) is 0 Å². The van der Waals surface area contributed by atoms with Crippen molar-refractivity contribution in [3.8, 4) is 0 Å². The Balaban J connectivity index is 0.00000240. The van der Waals surface area contributed by atoms with Crippen molar-refractivity contribution in [3.63, 3.8) is 0 Å². The van der Waals surface area contributed by atoms with Crippen LogP contribution < -0.4 is 5.32 Å². The Morgan fingerprint density at radius 2 is 1.97 bits per heavy atom. The lowest BCUT2D eigenvalue weighted by atomic mass is 10.2.